The van der Waals surface area contributed by atoms with Gasteiger partial charge in [-0.05, 0) is 11.6 Å². The zero-order valence-corrected chi connectivity index (χ0v) is 12.3. The van der Waals surface area contributed by atoms with Crippen LogP contribution >= 0.6 is 0 Å². The summed E-state index contributed by atoms with van der Waals surface area (Å²) in [7, 11) is 0. The summed E-state index contributed by atoms with van der Waals surface area (Å²) in [6, 6.07) is 10.6. The summed E-state index contributed by atoms with van der Waals surface area (Å²) < 4.78 is 39.6. The van der Waals surface area contributed by atoms with Gasteiger partial charge in [0, 0.05) is 12.5 Å². The summed E-state index contributed by atoms with van der Waals surface area (Å²) >= 11 is 0. The van der Waals surface area contributed by atoms with Crippen molar-refractivity contribution in [1.29, 1.82) is 0 Å². The highest BCUT2D eigenvalue weighted by Crippen LogP contribution is 2.25. The molecule has 0 heterocycles. The molecule has 0 saturated carbocycles. The number of benzene rings is 2. The van der Waals surface area contributed by atoms with Crippen molar-refractivity contribution in [2.45, 2.75) is 18.6 Å². The minimum atomic E-state index is -4.69. The Morgan fingerprint density at radius 3 is 2.25 bits per heavy atom. The van der Waals surface area contributed by atoms with Crippen LogP contribution in [0.15, 0.2) is 54.6 Å². The van der Waals surface area contributed by atoms with Gasteiger partial charge in [0.2, 0.25) is 0 Å². The van der Waals surface area contributed by atoms with Crippen molar-refractivity contribution in [2.24, 2.45) is 0 Å². The van der Waals surface area contributed by atoms with Gasteiger partial charge in [-0.1, -0.05) is 42.5 Å². The Bertz CT molecular complexity index is 733. The predicted octanol–water partition coefficient (Wildman–Crippen LogP) is 3.50. The van der Waals surface area contributed by atoms with E-state index in [1.54, 1.807) is 18.2 Å². The fourth-order valence-corrected chi connectivity index (χ4v) is 2.16. The first-order valence-electron chi connectivity index (χ1n) is 6.94. The second-order valence-corrected chi connectivity index (χ2v) is 5.03. The molecule has 0 aliphatic rings. The monoisotopic (exact) mass is 338 g/mol. The third-order valence-electron chi connectivity index (χ3n) is 3.33. The van der Waals surface area contributed by atoms with E-state index in [2.05, 4.69) is 0 Å². The molecule has 0 radical (unpaired) electrons. The second kappa shape index (κ2) is 7.12. The van der Waals surface area contributed by atoms with E-state index in [0.717, 1.165) is 12.1 Å². The van der Waals surface area contributed by atoms with Crippen LogP contribution in [-0.4, -0.2) is 23.0 Å². The van der Waals surface area contributed by atoms with E-state index in [0.29, 0.717) is 5.56 Å². The van der Waals surface area contributed by atoms with Crippen LogP contribution < -0.4 is 5.32 Å². The largest absolute Gasteiger partial charge is 0.408 e. The number of nitrogens with zero attached hydrogens (tertiary/aromatic N) is 1. The fraction of sp³-hybridized carbons (Fsp3) is 0.188. The van der Waals surface area contributed by atoms with Crippen LogP contribution in [0.2, 0.25) is 0 Å². The molecule has 126 valence electrons. The minimum Gasteiger partial charge on any atom is -0.340 e. The summed E-state index contributed by atoms with van der Waals surface area (Å²) in [6.45, 7) is 0. The molecule has 2 aromatic rings. The lowest BCUT2D eigenvalue weighted by molar-refractivity contribution is -0.385. The summed E-state index contributed by atoms with van der Waals surface area (Å²) in [5.74, 6) is -1.14. The number of amides is 1. The molecule has 0 aromatic heterocycles. The van der Waals surface area contributed by atoms with E-state index in [1.807, 2.05) is 5.32 Å². The Morgan fingerprint density at radius 2 is 1.67 bits per heavy atom. The standard InChI is InChI=1S/C16H13F3N2O3/c17-16(18,19)14(10-11-6-2-1-3-7-11)20-15(22)12-8-4-5-9-13(12)21(23)24/h1-9,14H,10H2,(H,20,22)/t14-/m0/s1. The first-order valence-corrected chi connectivity index (χ1v) is 6.94. The van der Waals surface area contributed by atoms with Gasteiger partial charge >= 0.3 is 6.18 Å². The lowest BCUT2D eigenvalue weighted by atomic mass is 10.0. The van der Waals surface area contributed by atoms with Gasteiger partial charge in [-0.2, -0.15) is 13.2 Å². The molecule has 2 rings (SSSR count). The number of nitro benzene ring substituents is 1. The fourth-order valence-electron chi connectivity index (χ4n) is 2.16. The Labute approximate surface area is 135 Å². The highest BCUT2D eigenvalue weighted by Gasteiger charge is 2.41. The average molecular weight is 338 g/mol. The predicted molar refractivity (Wildman–Crippen MR) is 80.6 cm³/mol. The molecular weight excluding hydrogens is 325 g/mol. The number of carbonyl (C=O) groups is 1. The van der Waals surface area contributed by atoms with E-state index in [-0.39, 0.29) is 0 Å². The number of nitrogens with one attached hydrogen (secondary N) is 1. The topological polar surface area (TPSA) is 72.2 Å². The Hall–Kier alpha value is -2.90. The third kappa shape index (κ3) is 4.31. The summed E-state index contributed by atoms with van der Waals surface area (Å²) in [5, 5.41) is 12.8. The van der Waals surface area contributed by atoms with Crippen molar-refractivity contribution in [2.75, 3.05) is 0 Å². The first-order chi connectivity index (χ1) is 11.3. The van der Waals surface area contributed by atoms with Crippen molar-refractivity contribution in [3.8, 4) is 0 Å². The zero-order valence-electron chi connectivity index (χ0n) is 12.3. The van der Waals surface area contributed by atoms with E-state index < -0.39 is 40.7 Å². The van der Waals surface area contributed by atoms with Gasteiger partial charge in [-0.25, -0.2) is 0 Å². The van der Waals surface area contributed by atoms with E-state index >= 15 is 0 Å². The van der Waals surface area contributed by atoms with Gasteiger partial charge in [0.15, 0.2) is 0 Å². The molecule has 1 atom stereocenters. The van der Waals surface area contributed by atoms with Gasteiger partial charge in [-0.3, -0.25) is 14.9 Å². The molecule has 1 amide bonds. The van der Waals surface area contributed by atoms with Crippen LogP contribution in [0, 0.1) is 10.1 Å². The maximum Gasteiger partial charge on any atom is 0.408 e. The number of hydrogen-bond acceptors (Lipinski definition) is 3. The number of nitro groups is 1. The molecule has 0 unspecified atom stereocenters. The van der Waals surface area contributed by atoms with Gasteiger partial charge in [-0.15, -0.1) is 0 Å². The minimum absolute atomic E-state index is 0.391. The van der Waals surface area contributed by atoms with Crippen molar-refractivity contribution >= 4 is 11.6 Å². The Morgan fingerprint density at radius 1 is 1.08 bits per heavy atom. The maximum atomic E-state index is 13.2. The second-order valence-electron chi connectivity index (χ2n) is 5.03. The number of rotatable bonds is 5. The molecule has 8 heteroatoms. The van der Waals surface area contributed by atoms with Gasteiger partial charge in [0.25, 0.3) is 11.6 Å². The molecule has 5 nitrogen and oxygen atoms in total. The lowest BCUT2D eigenvalue weighted by Gasteiger charge is -2.21. The number of hydrogen-bond donors (Lipinski definition) is 1. The van der Waals surface area contributed by atoms with Crippen LogP contribution in [0.25, 0.3) is 0 Å². The molecular formula is C16H13F3N2O3. The van der Waals surface area contributed by atoms with Crippen LogP contribution in [0.5, 0.6) is 0 Å². The van der Waals surface area contributed by atoms with Crippen LogP contribution in [-0.2, 0) is 6.42 Å². The number of alkyl halides is 3. The van der Waals surface area contributed by atoms with E-state index in [1.165, 1.54) is 24.3 Å². The molecule has 0 saturated heterocycles. The Balaban J connectivity index is 2.24. The maximum absolute atomic E-state index is 13.2. The zero-order chi connectivity index (χ0) is 17.7. The number of carbonyl (C=O) groups excluding carboxylic acids is 1. The summed E-state index contributed by atoms with van der Waals surface area (Å²) in [6.07, 6.45) is -5.15. The van der Waals surface area contributed by atoms with Gasteiger partial charge in [0.05, 0.1) is 4.92 Å². The molecule has 0 fully saturated rings. The van der Waals surface area contributed by atoms with Crippen molar-refractivity contribution < 1.29 is 22.9 Å². The molecule has 0 spiro atoms. The van der Waals surface area contributed by atoms with Crippen LogP contribution in [0.4, 0.5) is 18.9 Å². The SMILES string of the molecule is O=C(N[C@@H](Cc1ccccc1)C(F)(F)F)c1ccccc1[N+](=O)[O-]. The highest BCUT2D eigenvalue weighted by molar-refractivity contribution is 5.98. The van der Waals surface area contributed by atoms with E-state index in [9.17, 15) is 28.1 Å². The molecule has 0 bridgehead atoms. The third-order valence-corrected chi connectivity index (χ3v) is 3.33. The normalized spacial score (nSPS) is 12.5. The van der Waals surface area contributed by atoms with Crippen LogP contribution in [0.3, 0.4) is 0 Å². The highest BCUT2D eigenvalue weighted by atomic mass is 19.4. The quantitative estimate of drug-likeness (QED) is 0.670. The van der Waals surface area contributed by atoms with Crippen molar-refractivity contribution in [1.82, 2.24) is 5.32 Å². The number of para-hydroxylation sites is 1. The van der Waals surface area contributed by atoms with Crippen LogP contribution in [0.1, 0.15) is 15.9 Å². The molecule has 0 aliphatic heterocycles. The summed E-state index contributed by atoms with van der Waals surface area (Å²) in [4.78, 5) is 22.2. The average Bonchev–Trinajstić information content (AvgIpc) is 2.54. The van der Waals surface area contributed by atoms with Crippen molar-refractivity contribution in [3.63, 3.8) is 0 Å². The molecule has 2 aromatic carbocycles. The Kier molecular flexibility index (Phi) is 5.18. The first kappa shape index (κ1) is 17.5. The van der Waals surface area contributed by atoms with E-state index in [4.69, 9.17) is 0 Å². The number of halogens is 3. The molecule has 1 N–H and O–H groups in total. The van der Waals surface area contributed by atoms with Gasteiger partial charge in [0.1, 0.15) is 11.6 Å². The smallest absolute Gasteiger partial charge is 0.340 e. The lowest BCUT2D eigenvalue weighted by Crippen LogP contribution is -2.47. The van der Waals surface area contributed by atoms with Gasteiger partial charge < -0.3 is 5.32 Å². The summed E-state index contributed by atoms with van der Waals surface area (Å²) in [5.41, 5.74) is -0.567. The molecule has 0 aliphatic carbocycles. The molecule has 24 heavy (non-hydrogen) atoms. The van der Waals surface area contributed by atoms with Crippen molar-refractivity contribution in [3.05, 3.63) is 75.8 Å².